The van der Waals surface area contributed by atoms with Gasteiger partial charge >= 0.3 is 0 Å². The summed E-state index contributed by atoms with van der Waals surface area (Å²) in [6.07, 6.45) is 19.1. The second-order valence-corrected chi connectivity index (χ2v) is 20.2. The number of unbranched alkanes of at least 4 members (excludes halogenated alkanes) is 10. The van der Waals surface area contributed by atoms with Gasteiger partial charge in [-0.15, -0.1) is 0 Å². The molecule has 0 saturated heterocycles. The van der Waals surface area contributed by atoms with Crippen LogP contribution in [0.4, 0.5) is 0 Å². The van der Waals surface area contributed by atoms with Crippen molar-refractivity contribution in [2.75, 3.05) is 0 Å². The first-order valence-electron chi connectivity index (χ1n) is 27.3. The molecule has 0 unspecified atom stereocenters. The van der Waals surface area contributed by atoms with Crippen molar-refractivity contribution in [2.45, 2.75) is 118 Å². The van der Waals surface area contributed by atoms with Crippen molar-refractivity contribution in [1.29, 1.82) is 0 Å². The van der Waals surface area contributed by atoms with Crippen LogP contribution in [0.2, 0.25) is 0 Å². The van der Waals surface area contributed by atoms with Gasteiger partial charge in [0.15, 0.2) is 11.6 Å². The Labute approximate surface area is 438 Å². The van der Waals surface area contributed by atoms with Crippen LogP contribution < -0.4 is 0 Å². The number of benzene rings is 6. The molecular weight excluding hydrogens is 901 g/mol. The quantitative estimate of drug-likeness (QED) is 0.0527. The number of hydrogen-bond acceptors (Lipinski definition) is 6. The van der Waals surface area contributed by atoms with Crippen LogP contribution in [0.15, 0.2) is 170 Å². The average molecular weight is 969 g/mol. The van der Waals surface area contributed by atoms with E-state index in [0.29, 0.717) is 11.6 Å². The van der Waals surface area contributed by atoms with Gasteiger partial charge in [-0.05, 0) is 104 Å². The lowest BCUT2D eigenvalue weighted by Gasteiger charge is -2.17. The number of aromatic nitrogens is 6. The molecule has 0 radical (unpaired) electrons. The van der Waals surface area contributed by atoms with Crippen molar-refractivity contribution in [3.63, 3.8) is 0 Å². The highest BCUT2D eigenvalue weighted by Gasteiger charge is 2.19. The molecule has 10 rings (SSSR count). The van der Waals surface area contributed by atoms with E-state index in [1.54, 1.807) is 0 Å². The Balaban J connectivity index is 1.07. The SMILES string of the molecule is CCCCCCCCc1cc(-c2cc(-c3ccc(-c4cc(-c5cccc(-c6ccc(C)cc6)c5)nc(-c5ccccc5)n4)cc3)nc(-c3ccc4ccc5cccnc5c4n3)n2)c(CCCCCCCC)cc1C. The van der Waals surface area contributed by atoms with Gasteiger partial charge < -0.3 is 0 Å². The van der Waals surface area contributed by atoms with E-state index in [0.717, 1.165) is 97.4 Å². The van der Waals surface area contributed by atoms with Gasteiger partial charge in [-0.3, -0.25) is 4.98 Å². The highest BCUT2D eigenvalue weighted by Crippen LogP contribution is 2.36. The molecule has 0 saturated carbocycles. The number of rotatable bonds is 21. The third kappa shape index (κ3) is 11.9. The lowest BCUT2D eigenvalue weighted by atomic mass is 9.91. The van der Waals surface area contributed by atoms with Crippen LogP contribution in [0.25, 0.3) is 101 Å². The van der Waals surface area contributed by atoms with Crippen molar-refractivity contribution < 1.29 is 0 Å². The fraction of sp³-hybridized carbons (Fsp3) is 0.265. The maximum absolute atomic E-state index is 5.48. The van der Waals surface area contributed by atoms with E-state index in [9.17, 15) is 0 Å². The fourth-order valence-corrected chi connectivity index (χ4v) is 10.3. The highest BCUT2D eigenvalue weighted by atomic mass is 14.9. The average Bonchev–Trinajstić information content (AvgIpc) is 3.45. The van der Waals surface area contributed by atoms with Crippen molar-refractivity contribution in [3.05, 3.63) is 192 Å². The molecule has 0 aliphatic rings. The molecule has 6 nitrogen and oxygen atoms in total. The van der Waals surface area contributed by atoms with E-state index in [-0.39, 0.29) is 0 Å². The maximum Gasteiger partial charge on any atom is 0.179 e. The van der Waals surface area contributed by atoms with E-state index < -0.39 is 0 Å². The second kappa shape index (κ2) is 23.9. The summed E-state index contributed by atoms with van der Waals surface area (Å²) < 4.78 is 0. The summed E-state index contributed by atoms with van der Waals surface area (Å²) in [5.74, 6) is 1.28. The molecule has 0 fully saturated rings. The smallest absolute Gasteiger partial charge is 0.179 e. The van der Waals surface area contributed by atoms with Crippen molar-refractivity contribution in [1.82, 2.24) is 29.9 Å². The van der Waals surface area contributed by atoms with Gasteiger partial charge in [-0.1, -0.05) is 211 Å². The molecule has 0 aliphatic heterocycles. The molecule has 0 atom stereocenters. The van der Waals surface area contributed by atoms with Gasteiger partial charge in [0.1, 0.15) is 5.69 Å². The van der Waals surface area contributed by atoms with Crippen LogP contribution in [-0.2, 0) is 12.8 Å². The Hall–Kier alpha value is -7.70. The Morgan fingerprint density at radius 3 is 1.59 bits per heavy atom. The minimum atomic E-state index is 0.598. The maximum atomic E-state index is 5.48. The van der Waals surface area contributed by atoms with Gasteiger partial charge in [0.2, 0.25) is 0 Å². The number of aryl methyl sites for hydroxylation is 4. The monoisotopic (exact) mass is 969 g/mol. The Morgan fingerprint density at radius 2 is 0.892 bits per heavy atom. The van der Waals surface area contributed by atoms with Gasteiger partial charge in [0.25, 0.3) is 0 Å². The summed E-state index contributed by atoms with van der Waals surface area (Å²) in [4.78, 5) is 31.3. The molecule has 370 valence electrons. The molecule has 0 N–H and O–H groups in total. The Morgan fingerprint density at radius 1 is 0.338 bits per heavy atom. The molecular formula is C68H68N6. The first kappa shape index (κ1) is 49.9. The zero-order chi connectivity index (χ0) is 50.6. The molecule has 4 aromatic heterocycles. The van der Waals surface area contributed by atoms with Crippen LogP contribution in [0.1, 0.15) is 113 Å². The minimum Gasteiger partial charge on any atom is -0.254 e. The summed E-state index contributed by atoms with van der Waals surface area (Å²) >= 11 is 0. The number of fused-ring (bicyclic) bond motifs is 3. The van der Waals surface area contributed by atoms with E-state index in [2.05, 4.69) is 167 Å². The summed E-state index contributed by atoms with van der Waals surface area (Å²) in [6.45, 7) is 9.01. The second-order valence-electron chi connectivity index (χ2n) is 20.2. The van der Waals surface area contributed by atoms with Crippen molar-refractivity contribution in [2.24, 2.45) is 0 Å². The van der Waals surface area contributed by atoms with Crippen LogP contribution in [0.5, 0.6) is 0 Å². The van der Waals surface area contributed by atoms with Gasteiger partial charge in [0, 0.05) is 44.8 Å². The summed E-state index contributed by atoms with van der Waals surface area (Å²) in [6, 6.07) is 58.0. The molecule has 4 heterocycles. The fourth-order valence-electron chi connectivity index (χ4n) is 10.3. The third-order valence-electron chi connectivity index (χ3n) is 14.6. The van der Waals surface area contributed by atoms with Gasteiger partial charge in [-0.25, -0.2) is 24.9 Å². The van der Waals surface area contributed by atoms with E-state index >= 15 is 0 Å². The number of nitrogens with zero attached hydrogens (tertiary/aromatic N) is 6. The molecule has 0 aliphatic carbocycles. The molecule has 0 spiro atoms. The summed E-state index contributed by atoms with van der Waals surface area (Å²) in [5, 5.41) is 2.09. The first-order valence-corrected chi connectivity index (χ1v) is 27.3. The summed E-state index contributed by atoms with van der Waals surface area (Å²) in [5.41, 5.74) is 18.8. The number of hydrogen-bond donors (Lipinski definition) is 0. The van der Waals surface area contributed by atoms with Crippen LogP contribution in [0, 0.1) is 13.8 Å². The standard InChI is InChI=1S/C68H68N6/c1-5-7-9-11-13-16-24-55-44-59(57(42-48(55)4)25-17-14-12-10-8-6-2)64-46-62(73-68(74-64)60-40-39-53-38-37-52-28-21-41-69-65(52)66(53)70-60)51-35-33-50(34-36-51)61-45-63(72-67(71-61)54-22-18-15-19-23-54)58-27-20-26-56(43-58)49-31-29-47(3)30-32-49/h15,18-23,26-46H,5-14,16-17,24-25H2,1-4H3. The van der Waals surface area contributed by atoms with Crippen molar-refractivity contribution >= 4 is 21.8 Å². The molecule has 0 amide bonds. The molecule has 10 aromatic rings. The van der Waals surface area contributed by atoms with E-state index in [4.69, 9.17) is 29.9 Å². The third-order valence-corrected chi connectivity index (χ3v) is 14.6. The zero-order valence-corrected chi connectivity index (χ0v) is 43.7. The lowest BCUT2D eigenvalue weighted by Crippen LogP contribution is -2.02. The molecule has 74 heavy (non-hydrogen) atoms. The lowest BCUT2D eigenvalue weighted by molar-refractivity contribution is 0.605. The zero-order valence-electron chi connectivity index (χ0n) is 43.7. The van der Waals surface area contributed by atoms with Gasteiger partial charge in [0.05, 0.1) is 33.8 Å². The Kier molecular flexibility index (Phi) is 16.1. The predicted molar refractivity (Wildman–Crippen MR) is 310 cm³/mol. The summed E-state index contributed by atoms with van der Waals surface area (Å²) in [7, 11) is 0. The number of pyridine rings is 2. The van der Waals surface area contributed by atoms with E-state index in [1.807, 2.05) is 30.5 Å². The van der Waals surface area contributed by atoms with Crippen molar-refractivity contribution in [3.8, 4) is 79.1 Å². The van der Waals surface area contributed by atoms with Gasteiger partial charge in [-0.2, -0.15) is 0 Å². The first-order chi connectivity index (χ1) is 36.4. The van der Waals surface area contributed by atoms with Crippen LogP contribution in [-0.4, -0.2) is 29.9 Å². The largest absolute Gasteiger partial charge is 0.254 e. The normalized spacial score (nSPS) is 11.5. The van der Waals surface area contributed by atoms with Crippen LogP contribution in [0.3, 0.4) is 0 Å². The molecule has 6 heteroatoms. The minimum absolute atomic E-state index is 0.598. The molecule has 0 bridgehead atoms. The van der Waals surface area contributed by atoms with Crippen LogP contribution >= 0.6 is 0 Å². The molecule has 6 aromatic carbocycles. The van der Waals surface area contributed by atoms with E-state index in [1.165, 1.54) is 104 Å². The Bertz CT molecular complexity index is 3490. The highest BCUT2D eigenvalue weighted by molar-refractivity contribution is 6.03. The topological polar surface area (TPSA) is 77.3 Å². The predicted octanol–water partition coefficient (Wildman–Crippen LogP) is 18.5.